The molecule has 0 radical (unpaired) electrons. The lowest BCUT2D eigenvalue weighted by Gasteiger charge is -2.33. The van der Waals surface area contributed by atoms with Crippen LogP contribution in [-0.2, 0) is 0 Å². The molecule has 1 aromatic rings. The van der Waals surface area contributed by atoms with Gasteiger partial charge in [0.1, 0.15) is 6.10 Å². The molecule has 0 amide bonds. The van der Waals surface area contributed by atoms with E-state index in [0.717, 1.165) is 6.42 Å². The monoisotopic (exact) mass is 274 g/mol. The molecule has 2 heterocycles. The topological polar surface area (TPSA) is 20.2 Å². The summed E-state index contributed by atoms with van der Waals surface area (Å²) in [6.07, 6.45) is 0.881. The van der Waals surface area contributed by atoms with Gasteiger partial charge in [0.15, 0.2) is 0 Å². The van der Waals surface area contributed by atoms with E-state index in [1.807, 2.05) is 23.5 Å². The molecule has 0 aliphatic carbocycles. The fraction of sp³-hybridized carbons (Fsp3) is 0.667. The second kappa shape index (κ2) is 5.80. The maximum Gasteiger partial charge on any atom is 0.101 e. The molecule has 0 spiro atoms. The van der Waals surface area contributed by atoms with Gasteiger partial charge in [0.25, 0.3) is 0 Å². The summed E-state index contributed by atoms with van der Waals surface area (Å²) >= 11 is 5.66. The Labute approximate surface area is 110 Å². The van der Waals surface area contributed by atoms with Crippen molar-refractivity contribution in [2.24, 2.45) is 0 Å². The number of thiophene rings is 1. The Morgan fingerprint density at radius 3 is 2.81 bits per heavy atom. The first-order valence-corrected chi connectivity index (χ1v) is 8.67. The smallest absolute Gasteiger partial charge is 0.101 e. The maximum absolute atomic E-state index is 10.5. The maximum atomic E-state index is 10.5. The van der Waals surface area contributed by atoms with Crippen molar-refractivity contribution in [3.63, 3.8) is 0 Å². The Bertz CT molecular complexity index is 337. The molecule has 1 aromatic heterocycles. The van der Waals surface area contributed by atoms with Crippen molar-refractivity contribution in [1.29, 1.82) is 0 Å². The number of aryl methyl sites for hydroxylation is 1. The summed E-state index contributed by atoms with van der Waals surface area (Å²) in [6, 6.07) is 2.10. The van der Waals surface area contributed by atoms with E-state index in [1.165, 1.54) is 21.9 Å². The van der Waals surface area contributed by atoms with E-state index >= 15 is 0 Å². The summed E-state index contributed by atoms with van der Waals surface area (Å²) in [7, 11) is 0. The average Bonchev–Trinajstić information content (AvgIpc) is 2.74. The van der Waals surface area contributed by atoms with Crippen molar-refractivity contribution in [3.8, 4) is 0 Å². The predicted octanol–water partition coefficient (Wildman–Crippen LogP) is 3.72. The van der Waals surface area contributed by atoms with Crippen molar-refractivity contribution in [1.82, 2.24) is 0 Å². The molecule has 0 aromatic carbocycles. The molecule has 2 rings (SSSR count). The summed E-state index contributed by atoms with van der Waals surface area (Å²) in [5.41, 5.74) is 1.24. The minimum Gasteiger partial charge on any atom is -0.386 e. The van der Waals surface area contributed by atoms with Crippen LogP contribution in [0.2, 0.25) is 0 Å². The summed E-state index contributed by atoms with van der Waals surface area (Å²) in [5, 5.41) is 13.6. The van der Waals surface area contributed by atoms with Crippen molar-refractivity contribution < 1.29 is 5.11 Å². The first-order valence-electron chi connectivity index (χ1n) is 5.69. The lowest BCUT2D eigenvalue weighted by molar-refractivity contribution is 0.175. The van der Waals surface area contributed by atoms with E-state index in [-0.39, 0.29) is 6.10 Å². The predicted molar refractivity (Wildman–Crippen MR) is 76.8 cm³/mol. The first-order chi connectivity index (χ1) is 7.74. The Kier molecular flexibility index (Phi) is 4.65. The van der Waals surface area contributed by atoms with Crippen molar-refractivity contribution in [2.45, 2.75) is 36.9 Å². The van der Waals surface area contributed by atoms with Crippen LogP contribution >= 0.6 is 34.9 Å². The van der Waals surface area contributed by atoms with E-state index in [0.29, 0.717) is 10.5 Å². The number of thioether (sulfide) groups is 2. The summed E-state index contributed by atoms with van der Waals surface area (Å²) in [4.78, 5) is 1.17. The zero-order chi connectivity index (χ0) is 11.5. The Morgan fingerprint density at radius 2 is 2.19 bits per heavy atom. The Hall–Kier alpha value is 0.360. The highest BCUT2D eigenvalue weighted by Crippen LogP contribution is 2.41. The molecule has 16 heavy (non-hydrogen) atoms. The minimum atomic E-state index is -0.275. The van der Waals surface area contributed by atoms with Gasteiger partial charge in [-0.15, -0.1) is 11.3 Å². The Morgan fingerprint density at radius 1 is 1.44 bits per heavy atom. The summed E-state index contributed by atoms with van der Waals surface area (Å²) in [6.45, 7) is 4.32. The molecular formula is C12H18OS3. The molecule has 3 unspecified atom stereocenters. The van der Waals surface area contributed by atoms with Crippen LogP contribution < -0.4 is 0 Å². The summed E-state index contributed by atoms with van der Waals surface area (Å²) < 4.78 is 0. The zero-order valence-electron chi connectivity index (χ0n) is 9.68. The molecule has 90 valence electrons. The van der Waals surface area contributed by atoms with Crippen LogP contribution in [0.25, 0.3) is 0 Å². The molecule has 1 fully saturated rings. The number of rotatable bonds is 3. The Balaban J connectivity index is 2.13. The molecule has 4 heteroatoms. The van der Waals surface area contributed by atoms with Crippen LogP contribution in [0.4, 0.5) is 0 Å². The molecular weight excluding hydrogens is 256 g/mol. The molecule has 1 aliphatic rings. The van der Waals surface area contributed by atoms with Gasteiger partial charge in [-0.3, -0.25) is 0 Å². The lowest BCUT2D eigenvalue weighted by atomic mass is 10.1. The third-order valence-electron chi connectivity index (χ3n) is 2.98. The van der Waals surface area contributed by atoms with Gasteiger partial charge in [0.2, 0.25) is 0 Å². The normalized spacial score (nSPS) is 27.9. The van der Waals surface area contributed by atoms with Gasteiger partial charge in [0, 0.05) is 26.9 Å². The fourth-order valence-corrected chi connectivity index (χ4v) is 6.23. The largest absolute Gasteiger partial charge is 0.386 e. The van der Waals surface area contributed by atoms with Gasteiger partial charge < -0.3 is 5.11 Å². The second-order valence-electron chi connectivity index (χ2n) is 4.07. The van der Waals surface area contributed by atoms with Crippen LogP contribution in [0.1, 0.15) is 29.9 Å². The van der Waals surface area contributed by atoms with E-state index < -0.39 is 0 Å². The highest BCUT2D eigenvalue weighted by molar-refractivity contribution is 8.07. The number of hydrogen-bond acceptors (Lipinski definition) is 4. The molecule has 3 atom stereocenters. The molecule has 0 saturated carbocycles. The van der Waals surface area contributed by atoms with Crippen LogP contribution in [-0.4, -0.2) is 27.1 Å². The van der Waals surface area contributed by atoms with Crippen LogP contribution in [0.5, 0.6) is 0 Å². The van der Waals surface area contributed by atoms with Gasteiger partial charge in [-0.1, -0.05) is 6.92 Å². The van der Waals surface area contributed by atoms with E-state index in [1.54, 1.807) is 11.3 Å². The van der Waals surface area contributed by atoms with Crippen LogP contribution in [0, 0.1) is 6.92 Å². The van der Waals surface area contributed by atoms with Crippen molar-refractivity contribution in [2.75, 3.05) is 11.5 Å². The van der Waals surface area contributed by atoms with E-state index in [9.17, 15) is 5.11 Å². The average molecular weight is 274 g/mol. The van der Waals surface area contributed by atoms with Gasteiger partial charge in [0.05, 0.1) is 0 Å². The lowest BCUT2D eigenvalue weighted by Crippen LogP contribution is -2.30. The molecule has 1 saturated heterocycles. The molecule has 1 N–H and O–H groups in total. The third kappa shape index (κ3) is 2.61. The van der Waals surface area contributed by atoms with Crippen LogP contribution in [0.3, 0.4) is 0 Å². The minimum absolute atomic E-state index is 0.275. The van der Waals surface area contributed by atoms with Crippen LogP contribution in [0.15, 0.2) is 11.4 Å². The molecule has 1 nitrogen and oxygen atoms in total. The zero-order valence-corrected chi connectivity index (χ0v) is 12.1. The summed E-state index contributed by atoms with van der Waals surface area (Å²) in [5.74, 6) is 2.41. The van der Waals surface area contributed by atoms with Gasteiger partial charge >= 0.3 is 0 Å². The first kappa shape index (κ1) is 12.8. The molecule has 1 aliphatic heterocycles. The van der Waals surface area contributed by atoms with Gasteiger partial charge in [-0.25, -0.2) is 0 Å². The standard InChI is InChI=1S/C12H18OS3/c1-3-9-12(16-7-6-14-9)10(13)11-8(2)4-5-15-11/h4-5,9-10,12-13H,3,6-7H2,1-2H3. The molecule has 0 bridgehead atoms. The quantitative estimate of drug-likeness (QED) is 0.907. The highest BCUT2D eigenvalue weighted by Gasteiger charge is 2.32. The highest BCUT2D eigenvalue weighted by atomic mass is 32.2. The SMILES string of the molecule is CCC1SCCSC1C(O)c1sccc1C. The van der Waals surface area contributed by atoms with E-state index in [4.69, 9.17) is 0 Å². The van der Waals surface area contributed by atoms with Gasteiger partial charge in [-0.05, 0) is 30.4 Å². The number of hydrogen-bond donors (Lipinski definition) is 1. The van der Waals surface area contributed by atoms with Crippen molar-refractivity contribution in [3.05, 3.63) is 21.9 Å². The van der Waals surface area contributed by atoms with Gasteiger partial charge in [-0.2, -0.15) is 23.5 Å². The number of aliphatic hydroxyl groups excluding tert-OH is 1. The number of aliphatic hydroxyl groups is 1. The van der Waals surface area contributed by atoms with E-state index in [2.05, 4.69) is 25.3 Å². The van der Waals surface area contributed by atoms with Crippen molar-refractivity contribution >= 4 is 34.9 Å². The third-order valence-corrected chi connectivity index (χ3v) is 7.40. The fourth-order valence-electron chi connectivity index (χ4n) is 2.07. The second-order valence-corrected chi connectivity index (χ2v) is 7.65.